The van der Waals surface area contributed by atoms with Crippen molar-refractivity contribution in [2.45, 2.75) is 50.7 Å². The van der Waals surface area contributed by atoms with Crippen LogP contribution in [0.2, 0.25) is 0 Å². The second-order valence-corrected chi connectivity index (χ2v) is 9.84. The van der Waals surface area contributed by atoms with Gasteiger partial charge in [0.1, 0.15) is 13.2 Å². The fourth-order valence-electron chi connectivity index (χ4n) is 5.94. The number of benzene rings is 2. The van der Waals surface area contributed by atoms with Gasteiger partial charge < -0.3 is 19.7 Å². The van der Waals surface area contributed by atoms with Crippen LogP contribution in [-0.2, 0) is 13.1 Å². The number of hydrogen-bond acceptors (Lipinski definition) is 5. The van der Waals surface area contributed by atoms with Gasteiger partial charge in [0.15, 0.2) is 11.5 Å². The quantitative estimate of drug-likeness (QED) is 0.777. The average molecular weight is 448 g/mol. The number of ether oxygens (including phenoxy) is 2. The minimum absolute atomic E-state index is 0.220. The lowest BCUT2D eigenvalue weighted by atomic mass is 9.87. The zero-order valence-corrected chi connectivity index (χ0v) is 19.2. The molecule has 6 heteroatoms. The van der Waals surface area contributed by atoms with E-state index in [0.717, 1.165) is 82.0 Å². The summed E-state index contributed by atoms with van der Waals surface area (Å²) in [6.45, 7) is 7.08. The molecule has 0 spiro atoms. The Kier molecular flexibility index (Phi) is 5.72. The highest BCUT2D eigenvalue weighted by Crippen LogP contribution is 2.37. The van der Waals surface area contributed by atoms with Crippen molar-refractivity contribution in [3.63, 3.8) is 0 Å². The fraction of sp³-hybridized carbons (Fsp3) is 0.519. The maximum Gasteiger partial charge on any atom is 0.254 e. The van der Waals surface area contributed by atoms with Crippen LogP contribution in [-0.4, -0.2) is 61.1 Å². The summed E-state index contributed by atoms with van der Waals surface area (Å²) in [5, 5.41) is 3.45. The van der Waals surface area contributed by atoms with Crippen LogP contribution in [0, 0.1) is 0 Å². The summed E-state index contributed by atoms with van der Waals surface area (Å²) in [7, 11) is 0. The van der Waals surface area contributed by atoms with Gasteiger partial charge in [0.05, 0.1) is 0 Å². The Balaban J connectivity index is 1.09. The van der Waals surface area contributed by atoms with Crippen molar-refractivity contribution in [3.05, 3.63) is 58.7 Å². The molecule has 174 valence electrons. The number of carbonyl (C=O) groups excluding carboxylic acids is 1. The summed E-state index contributed by atoms with van der Waals surface area (Å²) in [4.78, 5) is 17.6. The van der Waals surface area contributed by atoms with Gasteiger partial charge in [-0.05, 0) is 74.5 Å². The Morgan fingerprint density at radius 1 is 1.03 bits per heavy atom. The molecule has 4 aliphatic heterocycles. The lowest BCUT2D eigenvalue weighted by Gasteiger charge is -2.33. The van der Waals surface area contributed by atoms with Crippen molar-refractivity contribution < 1.29 is 14.3 Å². The van der Waals surface area contributed by atoms with E-state index in [2.05, 4.69) is 45.4 Å². The molecule has 4 heterocycles. The number of carbonyl (C=O) groups is 1. The van der Waals surface area contributed by atoms with Gasteiger partial charge in [-0.2, -0.15) is 0 Å². The zero-order chi connectivity index (χ0) is 22.2. The summed E-state index contributed by atoms with van der Waals surface area (Å²) in [5.74, 6) is 2.58. The number of likely N-dealkylation sites (tertiary alicyclic amines) is 1. The maximum atomic E-state index is 13.0. The number of nitrogens with zero attached hydrogens (tertiary/aromatic N) is 2. The molecule has 0 bridgehead atoms. The van der Waals surface area contributed by atoms with Gasteiger partial charge in [-0.25, -0.2) is 0 Å². The third-order valence-corrected chi connectivity index (χ3v) is 7.77. The van der Waals surface area contributed by atoms with Gasteiger partial charge in [0, 0.05) is 36.8 Å². The Morgan fingerprint density at radius 3 is 2.76 bits per heavy atom. The molecular weight excluding hydrogens is 414 g/mol. The van der Waals surface area contributed by atoms with E-state index >= 15 is 0 Å². The van der Waals surface area contributed by atoms with Crippen molar-refractivity contribution in [1.82, 2.24) is 15.1 Å². The number of para-hydroxylation sites is 1. The lowest BCUT2D eigenvalue weighted by Crippen LogP contribution is -2.46. The summed E-state index contributed by atoms with van der Waals surface area (Å²) in [6, 6.07) is 13.2. The van der Waals surface area contributed by atoms with Crippen LogP contribution in [0.3, 0.4) is 0 Å². The van der Waals surface area contributed by atoms with Crippen LogP contribution < -0.4 is 14.8 Å². The second kappa shape index (κ2) is 8.99. The van der Waals surface area contributed by atoms with Crippen LogP contribution in [0.25, 0.3) is 0 Å². The molecule has 2 saturated heterocycles. The summed E-state index contributed by atoms with van der Waals surface area (Å²) >= 11 is 0. The molecule has 0 aliphatic carbocycles. The molecule has 2 aromatic carbocycles. The molecular formula is C27H33N3O3. The summed E-state index contributed by atoms with van der Waals surface area (Å²) in [5.41, 5.74) is 4.76. The van der Waals surface area contributed by atoms with E-state index in [0.29, 0.717) is 25.2 Å². The predicted octanol–water partition coefficient (Wildman–Crippen LogP) is 3.55. The van der Waals surface area contributed by atoms with Gasteiger partial charge in [0.2, 0.25) is 0 Å². The first-order valence-corrected chi connectivity index (χ1v) is 12.5. The number of hydrogen-bond donors (Lipinski definition) is 1. The van der Waals surface area contributed by atoms with Crippen LogP contribution in [0.15, 0.2) is 36.4 Å². The molecule has 0 radical (unpaired) electrons. The molecule has 4 aliphatic rings. The average Bonchev–Trinajstić information content (AvgIpc) is 3.21. The molecule has 1 unspecified atom stereocenters. The minimum atomic E-state index is 0.220. The summed E-state index contributed by atoms with van der Waals surface area (Å²) < 4.78 is 11.6. The van der Waals surface area contributed by atoms with Crippen molar-refractivity contribution in [2.24, 2.45) is 0 Å². The third kappa shape index (κ3) is 4.11. The highest BCUT2D eigenvalue weighted by molar-refractivity contribution is 5.98. The number of amides is 1. The number of fused-ring (bicyclic) bond motifs is 2. The van der Waals surface area contributed by atoms with Crippen molar-refractivity contribution in [2.75, 3.05) is 39.4 Å². The van der Waals surface area contributed by atoms with Crippen LogP contribution in [0.5, 0.6) is 11.5 Å². The predicted molar refractivity (Wildman–Crippen MR) is 127 cm³/mol. The Morgan fingerprint density at radius 2 is 1.91 bits per heavy atom. The first kappa shape index (κ1) is 21.0. The van der Waals surface area contributed by atoms with Gasteiger partial charge in [0.25, 0.3) is 5.91 Å². The van der Waals surface area contributed by atoms with Gasteiger partial charge in [-0.1, -0.05) is 24.3 Å². The monoisotopic (exact) mass is 447 g/mol. The molecule has 1 atom stereocenters. The van der Waals surface area contributed by atoms with Gasteiger partial charge in [-0.3, -0.25) is 9.69 Å². The van der Waals surface area contributed by atoms with Gasteiger partial charge in [-0.15, -0.1) is 0 Å². The van der Waals surface area contributed by atoms with E-state index in [4.69, 9.17) is 9.47 Å². The van der Waals surface area contributed by atoms with E-state index < -0.39 is 0 Å². The smallest absolute Gasteiger partial charge is 0.254 e. The standard InChI is InChI=1S/C27H33N3O3/c31-27-24-7-6-20(15-22(24)18-30(27)23-4-2-10-28-16-23)19-8-11-29(12-9-19)17-21-3-1-5-25-26(21)33-14-13-32-25/h1,3,5-7,15,19,23,28H,2,4,8-14,16-18H2. The van der Waals surface area contributed by atoms with E-state index in [-0.39, 0.29) is 5.91 Å². The first-order valence-electron chi connectivity index (χ1n) is 12.5. The topological polar surface area (TPSA) is 54.0 Å². The Labute approximate surface area is 195 Å². The van der Waals surface area contributed by atoms with E-state index in [9.17, 15) is 4.79 Å². The maximum absolute atomic E-state index is 13.0. The lowest BCUT2D eigenvalue weighted by molar-refractivity contribution is 0.0674. The minimum Gasteiger partial charge on any atom is -0.486 e. The third-order valence-electron chi connectivity index (χ3n) is 7.77. The van der Waals surface area contributed by atoms with Crippen molar-refractivity contribution in [1.29, 1.82) is 0 Å². The first-order chi connectivity index (χ1) is 16.3. The Hall–Kier alpha value is -2.57. The normalized spacial score (nSPS) is 23.6. The Bertz CT molecular complexity index is 1030. The zero-order valence-electron chi connectivity index (χ0n) is 19.2. The molecule has 2 fully saturated rings. The number of piperidine rings is 2. The molecule has 0 aromatic heterocycles. The van der Waals surface area contributed by atoms with E-state index in [1.54, 1.807) is 0 Å². The molecule has 1 amide bonds. The second-order valence-electron chi connectivity index (χ2n) is 9.84. The van der Waals surface area contributed by atoms with Crippen molar-refractivity contribution in [3.8, 4) is 11.5 Å². The van der Waals surface area contributed by atoms with Crippen LogP contribution in [0.4, 0.5) is 0 Å². The highest BCUT2D eigenvalue weighted by atomic mass is 16.6. The van der Waals surface area contributed by atoms with E-state index in [1.165, 1.54) is 16.7 Å². The van der Waals surface area contributed by atoms with Crippen LogP contribution in [0.1, 0.15) is 58.6 Å². The SMILES string of the molecule is O=C1c2ccc(C3CCN(Cc4cccc5c4OCCO5)CC3)cc2CN1C1CCCNC1. The number of rotatable bonds is 4. The van der Waals surface area contributed by atoms with Crippen LogP contribution >= 0.6 is 0 Å². The molecule has 33 heavy (non-hydrogen) atoms. The van der Waals surface area contributed by atoms with Gasteiger partial charge >= 0.3 is 0 Å². The summed E-state index contributed by atoms with van der Waals surface area (Å²) in [6.07, 6.45) is 4.56. The molecule has 6 nitrogen and oxygen atoms in total. The fourth-order valence-corrected chi connectivity index (χ4v) is 5.94. The highest BCUT2D eigenvalue weighted by Gasteiger charge is 2.34. The molecule has 0 saturated carbocycles. The molecule has 2 aromatic rings. The number of nitrogens with one attached hydrogen (secondary N) is 1. The molecule has 6 rings (SSSR count). The van der Waals surface area contributed by atoms with E-state index in [1.807, 2.05) is 6.07 Å². The van der Waals surface area contributed by atoms with Crippen molar-refractivity contribution >= 4 is 5.91 Å². The largest absolute Gasteiger partial charge is 0.486 e. The molecule has 1 N–H and O–H groups in total.